The summed E-state index contributed by atoms with van der Waals surface area (Å²) in [6, 6.07) is 27.2. The van der Waals surface area contributed by atoms with E-state index in [4.69, 9.17) is 13.1 Å². The molecule has 4 aromatic carbocycles. The molecule has 0 saturated heterocycles. The summed E-state index contributed by atoms with van der Waals surface area (Å²) in [4.78, 5) is 0. The molecule has 1 unspecified atom stereocenters. The van der Waals surface area contributed by atoms with Crippen molar-refractivity contribution in [1.29, 1.82) is 0 Å². The van der Waals surface area contributed by atoms with Crippen molar-refractivity contribution < 1.29 is 13.1 Å². The number of methoxy groups -OCH3 is 1. The lowest BCUT2D eigenvalue weighted by Crippen LogP contribution is -2.27. The van der Waals surface area contributed by atoms with E-state index in [-0.39, 0.29) is 12.1 Å². The highest BCUT2D eigenvalue weighted by Crippen LogP contribution is 2.48. The Balaban J connectivity index is 1.86. The Bertz CT molecular complexity index is 1570. The van der Waals surface area contributed by atoms with Crippen LogP contribution in [0.5, 0.6) is 5.75 Å². The summed E-state index contributed by atoms with van der Waals surface area (Å²) in [6.07, 6.45) is 0. The number of rotatable bonds is 6. The van der Waals surface area contributed by atoms with Gasteiger partial charge in [0.1, 0.15) is 16.9 Å². The predicted octanol–water partition coefficient (Wildman–Crippen LogP) is 9.99. The molecule has 0 fully saturated rings. The third kappa shape index (κ3) is 4.64. The van der Waals surface area contributed by atoms with Gasteiger partial charge in [0.25, 0.3) is 0 Å². The number of hydrogen-bond acceptors (Lipinski definition) is 4. The van der Waals surface area contributed by atoms with Gasteiger partial charge in [0, 0.05) is 28.4 Å². The normalized spacial score (nSPS) is 13.2. The fourth-order valence-corrected chi connectivity index (χ4v) is 6.98. The first-order valence-corrected chi connectivity index (χ1v) is 14.3. The highest BCUT2D eigenvalue weighted by molar-refractivity contribution is 7.39. The van der Waals surface area contributed by atoms with Crippen molar-refractivity contribution >= 4 is 30.1 Å². The SMILES string of the molecule is COc1ccccc1[C@@H](C)N(C(C)c1ccccc1)p1oc2ccc(C)c(C)c2c2c(C)c(C)ccc2o1. The van der Waals surface area contributed by atoms with E-state index >= 15 is 0 Å². The Hall–Kier alpha value is -3.46. The maximum Gasteiger partial charge on any atom is 0.310 e. The highest BCUT2D eigenvalue weighted by Gasteiger charge is 2.30. The predicted molar refractivity (Wildman–Crippen MR) is 160 cm³/mol. The van der Waals surface area contributed by atoms with E-state index < -0.39 is 8.16 Å². The first-order chi connectivity index (χ1) is 18.3. The van der Waals surface area contributed by atoms with E-state index in [1.807, 2.05) is 12.1 Å². The van der Waals surface area contributed by atoms with E-state index in [9.17, 15) is 0 Å². The molecule has 0 aliphatic rings. The van der Waals surface area contributed by atoms with Gasteiger partial charge in [-0.3, -0.25) is 0 Å². The lowest BCUT2D eigenvalue weighted by molar-refractivity contribution is 0.404. The molecule has 5 rings (SSSR count). The average molecular weight is 526 g/mol. The average Bonchev–Trinajstić information content (AvgIpc) is 3.10. The molecule has 0 spiro atoms. The molecule has 196 valence electrons. The van der Waals surface area contributed by atoms with Crippen LogP contribution in [0.25, 0.3) is 21.9 Å². The van der Waals surface area contributed by atoms with Crippen LogP contribution >= 0.6 is 8.16 Å². The zero-order valence-corrected chi connectivity index (χ0v) is 24.2. The smallest absolute Gasteiger partial charge is 0.310 e. The van der Waals surface area contributed by atoms with Gasteiger partial charge >= 0.3 is 8.16 Å². The summed E-state index contributed by atoms with van der Waals surface area (Å²) in [5, 5.41) is 2.26. The van der Waals surface area contributed by atoms with Crippen LogP contribution in [0.1, 0.15) is 59.3 Å². The molecule has 0 aliphatic carbocycles. The number of nitrogens with zero attached hydrogens (tertiary/aromatic N) is 1. The quantitative estimate of drug-likeness (QED) is 0.221. The second-order valence-corrected chi connectivity index (χ2v) is 11.4. The van der Waals surface area contributed by atoms with Crippen LogP contribution in [0, 0.1) is 27.7 Å². The van der Waals surface area contributed by atoms with E-state index in [2.05, 4.69) is 113 Å². The van der Waals surface area contributed by atoms with Crippen molar-refractivity contribution in [3.63, 3.8) is 0 Å². The second kappa shape index (κ2) is 10.7. The Kier molecular flexibility index (Phi) is 7.38. The van der Waals surface area contributed by atoms with Gasteiger partial charge in [-0.25, -0.2) is 0 Å². The zero-order chi connectivity index (χ0) is 27.0. The number of aryl methyl sites for hydroxylation is 4. The van der Waals surface area contributed by atoms with Crippen LogP contribution in [0.2, 0.25) is 0 Å². The van der Waals surface area contributed by atoms with E-state index in [1.54, 1.807) is 7.11 Å². The van der Waals surface area contributed by atoms with Crippen LogP contribution in [0.3, 0.4) is 0 Å². The van der Waals surface area contributed by atoms with Gasteiger partial charge in [0.05, 0.1) is 7.11 Å². The molecule has 1 aromatic heterocycles. The van der Waals surface area contributed by atoms with Crippen LogP contribution < -0.4 is 9.41 Å². The number of benzene rings is 4. The Morgan fingerprint density at radius 1 is 0.658 bits per heavy atom. The highest BCUT2D eigenvalue weighted by atomic mass is 31.1. The topological polar surface area (TPSA) is 38.8 Å². The maximum absolute atomic E-state index is 6.92. The van der Waals surface area contributed by atoms with Crippen molar-refractivity contribution in [3.8, 4) is 5.75 Å². The van der Waals surface area contributed by atoms with Crippen LogP contribution in [-0.4, -0.2) is 7.11 Å². The fourth-order valence-electron chi connectivity index (χ4n) is 5.29. The Morgan fingerprint density at radius 3 is 1.74 bits per heavy atom. The molecule has 2 atom stereocenters. The monoisotopic (exact) mass is 525 g/mol. The minimum atomic E-state index is -1.54. The standard InChI is InChI=1S/C33H36NO3P/c1-21-17-19-30-32(23(21)3)33-24(4)22(2)18-20-31(33)37-38(36-30)34(25(5)27-13-9-8-10-14-27)26(6)28-15-11-12-16-29(28)35-7/h8-20,25-26H,1-7H3/t25?,26-/m1/s1. The number of ether oxygens (including phenoxy) is 1. The van der Waals surface area contributed by atoms with E-state index in [1.165, 1.54) is 27.8 Å². The molecule has 5 heteroatoms. The third-order valence-corrected chi connectivity index (χ3v) is 9.63. The van der Waals surface area contributed by atoms with E-state index in [0.29, 0.717) is 0 Å². The van der Waals surface area contributed by atoms with Crippen LogP contribution in [-0.2, 0) is 0 Å². The van der Waals surface area contributed by atoms with Crippen LogP contribution in [0.15, 0.2) is 87.3 Å². The van der Waals surface area contributed by atoms with Gasteiger partial charge in [-0.05, 0) is 87.6 Å². The second-order valence-electron chi connectivity index (χ2n) is 10.1. The van der Waals surface area contributed by atoms with Gasteiger partial charge in [0.2, 0.25) is 0 Å². The molecule has 0 bridgehead atoms. The number of fused-ring (bicyclic) bond motifs is 3. The van der Waals surface area contributed by atoms with Gasteiger partial charge in [-0.15, -0.1) is 0 Å². The fraction of sp³-hybridized carbons (Fsp3) is 0.273. The zero-order valence-electron chi connectivity index (χ0n) is 23.3. The van der Waals surface area contributed by atoms with E-state index in [0.717, 1.165) is 33.3 Å². The van der Waals surface area contributed by atoms with Gasteiger partial charge in [-0.2, -0.15) is 4.67 Å². The summed E-state index contributed by atoms with van der Waals surface area (Å²) in [5.74, 6) is 0.855. The molecule has 5 aromatic rings. The first kappa shape index (κ1) is 26.2. The number of hydrogen-bond donors (Lipinski definition) is 0. The van der Waals surface area contributed by atoms with Crippen molar-refractivity contribution in [3.05, 3.63) is 112 Å². The summed E-state index contributed by atoms with van der Waals surface area (Å²) in [6.45, 7) is 13.1. The van der Waals surface area contributed by atoms with Crippen molar-refractivity contribution in [2.45, 2.75) is 53.6 Å². The summed E-state index contributed by atoms with van der Waals surface area (Å²) in [7, 11) is 0.181. The summed E-state index contributed by atoms with van der Waals surface area (Å²) in [5.41, 5.74) is 8.95. The molecule has 0 saturated carbocycles. The molecule has 0 N–H and O–H groups in total. The molecular weight excluding hydrogens is 489 g/mol. The van der Waals surface area contributed by atoms with Gasteiger partial charge < -0.3 is 13.1 Å². The van der Waals surface area contributed by atoms with Crippen molar-refractivity contribution in [2.75, 3.05) is 11.8 Å². The Labute approximate surface area is 226 Å². The van der Waals surface area contributed by atoms with Crippen molar-refractivity contribution in [2.24, 2.45) is 0 Å². The molecule has 0 amide bonds. The van der Waals surface area contributed by atoms with Crippen LogP contribution in [0.4, 0.5) is 0 Å². The maximum atomic E-state index is 6.92. The molecular formula is C33H36NO3P. The minimum absolute atomic E-state index is 0.0188. The lowest BCUT2D eigenvalue weighted by atomic mass is 9.97. The first-order valence-electron chi connectivity index (χ1n) is 13.1. The molecule has 4 nitrogen and oxygen atoms in total. The lowest BCUT2D eigenvalue weighted by Gasteiger charge is -2.32. The largest absolute Gasteiger partial charge is 0.496 e. The molecule has 38 heavy (non-hydrogen) atoms. The number of para-hydroxylation sites is 1. The van der Waals surface area contributed by atoms with Crippen molar-refractivity contribution in [1.82, 2.24) is 0 Å². The third-order valence-electron chi connectivity index (χ3n) is 7.85. The minimum Gasteiger partial charge on any atom is -0.496 e. The Morgan fingerprint density at radius 2 is 1.18 bits per heavy atom. The molecule has 1 heterocycles. The molecule has 0 aliphatic heterocycles. The molecule has 0 radical (unpaired) electrons. The summed E-state index contributed by atoms with van der Waals surface area (Å²) >= 11 is 0. The summed E-state index contributed by atoms with van der Waals surface area (Å²) < 4.78 is 22.0. The van der Waals surface area contributed by atoms with Gasteiger partial charge in [0.15, 0.2) is 0 Å². The van der Waals surface area contributed by atoms with Gasteiger partial charge in [-0.1, -0.05) is 60.7 Å².